The van der Waals surface area contributed by atoms with Gasteiger partial charge < -0.3 is 74.1 Å². The second kappa shape index (κ2) is 28.4. The molecule has 2 aliphatic rings. The van der Waals surface area contributed by atoms with E-state index in [0.717, 1.165) is 6.92 Å². The minimum Gasteiger partial charge on any atom is -0.786 e. The minimum absolute atomic E-state index is 0. The largest absolute Gasteiger partial charge is 2.00 e. The van der Waals surface area contributed by atoms with Crippen molar-refractivity contribution in [2.75, 3.05) is 6.64 Å². The molecule has 0 aromatic heterocycles. The number of carbonyl (C=O) groups is 3. The summed E-state index contributed by atoms with van der Waals surface area (Å²) in [6.45, 7) is 4.11. The van der Waals surface area contributed by atoms with Crippen LogP contribution < -0.4 is 24.9 Å². The van der Waals surface area contributed by atoms with Crippen LogP contribution in [0.25, 0.3) is 41.8 Å². The zero-order chi connectivity index (χ0) is 42.3. The third kappa shape index (κ3) is 22.0. The van der Waals surface area contributed by atoms with Gasteiger partial charge in [-0.1, -0.05) is 27.1 Å². The molecule has 0 aliphatic carbocycles. The predicted octanol–water partition coefficient (Wildman–Crippen LogP) is -4.96. The number of carbonyl (C=O) groups excluding carboxylic acids is 3. The molecule has 2 saturated heterocycles. The molecular weight excluding hydrogens is 802 g/mol. The molecule has 30 nitrogen and oxygen atoms in total. The Bertz CT molecular complexity index is 1420. The first-order chi connectivity index (χ1) is 24.3. The van der Waals surface area contributed by atoms with Gasteiger partial charge in [0.05, 0.1) is 48.6 Å². The molecule has 5 N–H and O–H groups in total. The third-order valence-electron chi connectivity index (χ3n) is 5.72. The molecule has 0 aromatic rings. The fourth-order valence-corrected chi connectivity index (χ4v) is 4.24. The number of Topliss-reactive ketones (excluding diaryl/α,β-unsaturated/α-hetero) is 1. The van der Waals surface area contributed by atoms with E-state index >= 15 is 0 Å². The van der Waals surface area contributed by atoms with Gasteiger partial charge in [-0.15, -0.1) is 13.6 Å². The van der Waals surface area contributed by atoms with Gasteiger partial charge in [-0.3, -0.25) is 4.79 Å². The summed E-state index contributed by atoms with van der Waals surface area (Å²) in [6, 6.07) is -4.80. The van der Waals surface area contributed by atoms with Crippen molar-refractivity contribution in [3.63, 3.8) is 0 Å². The zero-order valence-electron chi connectivity index (χ0n) is 28.3. The van der Waals surface area contributed by atoms with Crippen molar-refractivity contribution in [3.05, 3.63) is 41.8 Å². The molecule has 294 valence electrons. The Morgan fingerprint density at radius 3 is 1.81 bits per heavy atom. The first kappa shape index (κ1) is 54.3. The van der Waals surface area contributed by atoms with Crippen LogP contribution in [0.15, 0.2) is 20.5 Å². The van der Waals surface area contributed by atoms with Gasteiger partial charge in [0.15, 0.2) is 12.1 Å². The topological polar surface area (TPSA) is 525 Å². The number of aliphatic hydroxyl groups is 5. The van der Waals surface area contributed by atoms with E-state index in [1.807, 2.05) is 0 Å². The molecule has 0 bridgehead atoms. The Labute approximate surface area is 317 Å². The molecule has 2 fully saturated rings. The molecule has 53 heavy (non-hydrogen) atoms. The number of aliphatic hydroxyl groups excluding tert-OH is 4. The summed E-state index contributed by atoms with van der Waals surface area (Å²) in [5.41, 5.74) is 33.4. The fourth-order valence-electron chi connectivity index (χ4n) is 3.59. The van der Waals surface area contributed by atoms with Gasteiger partial charge in [0.2, 0.25) is 5.79 Å². The van der Waals surface area contributed by atoms with E-state index in [1.54, 1.807) is 0 Å². The van der Waals surface area contributed by atoms with Crippen molar-refractivity contribution >= 4 is 66.1 Å². The number of carboxylic acid groups (broad SMARTS) is 2. The molecule has 2 rings (SSSR count). The molecule has 0 amide bonds. The standard InChI is InChI=1S/C9H14N6O6.C6H10N6O3.C3H4O3.CH5P.Mg.H2O6P2/c1-3(16)5(12-14-10)7-6(13-15-11)4(17)2-9(20,21-7)8(18)19;1-2-3(9-11-7)5(13)4(10-12-8)6(14)15-2;1-2(4)3(5)6;1-2;;1-7(2)6-8(3,4)5/h3-7,16-17,20H,2H2,1H3,(H,18,19);2-6,13-14H,1H3;1H3,(H,5,6);2H2,1H3;;(H2,3,4,5)/q;;;;+2;/p-4/t3-,4-,5-,6-,7?,9?;2?,3-,4?,5+,6?;;;;/m11..../s1/i;;;1T;;. The molecule has 7 unspecified atom stereocenters. The van der Waals surface area contributed by atoms with Crippen molar-refractivity contribution < 1.29 is 89.1 Å². The predicted molar refractivity (Wildman–Crippen MR) is 165 cm³/mol. The number of hydrogen-bond donors (Lipinski definition) is 5. The molecule has 13 atom stereocenters. The normalized spacial score (nSPS) is 28.5. The summed E-state index contributed by atoms with van der Waals surface area (Å²) in [5.74, 6) is -7.44. The summed E-state index contributed by atoms with van der Waals surface area (Å²) in [4.78, 5) is 67.5. The van der Waals surface area contributed by atoms with E-state index in [4.69, 9.17) is 33.0 Å². The van der Waals surface area contributed by atoms with Crippen LogP contribution in [0.2, 0.25) is 0 Å². The Hall–Kier alpha value is -3.06. The van der Waals surface area contributed by atoms with Gasteiger partial charge in [-0.25, -0.2) is 0 Å². The third-order valence-corrected chi connectivity index (χ3v) is 7.05. The van der Waals surface area contributed by atoms with Crippen molar-refractivity contribution in [2.24, 2.45) is 20.5 Å². The van der Waals surface area contributed by atoms with E-state index in [9.17, 15) is 73.9 Å². The smallest absolute Gasteiger partial charge is 0.786 e. The van der Waals surface area contributed by atoms with Crippen LogP contribution in [0.3, 0.4) is 0 Å². The van der Waals surface area contributed by atoms with Crippen molar-refractivity contribution in [3.8, 4) is 0 Å². The van der Waals surface area contributed by atoms with E-state index in [-0.39, 0.29) is 23.1 Å². The quantitative estimate of drug-likeness (QED) is 0.0344. The van der Waals surface area contributed by atoms with Crippen LogP contribution in [-0.2, 0) is 37.3 Å². The number of azide groups is 4. The number of aliphatic carboxylic acids is 2. The molecule has 0 radical (unpaired) electrons. The zero-order valence-corrected chi connectivity index (χ0v) is 31.6. The van der Waals surface area contributed by atoms with Crippen molar-refractivity contribution in [1.29, 1.82) is 0 Å². The fraction of sp³-hybridized carbons (Fsp3) is 0.842. The molecule has 0 spiro atoms. The monoisotopic (exact) mass is 834 g/mol. The Morgan fingerprint density at radius 1 is 1.06 bits per heavy atom. The molecule has 2 heterocycles. The van der Waals surface area contributed by atoms with Crippen LogP contribution in [0.5, 0.6) is 0 Å². The minimum atomic E-state index is -5.32. The summed E-state index contributed by atoms with van der Waals surface area (Å²) in [5, 5.41) is 81.3. The van der Waals surface area contributed by atoms with E-state index in [0.29, 0.717) is 6.64 Å². The molecule has 0 saturated carbocycles. The summed E-state index contributed by atoms with van der Waals surface area (Å²) < 4.78 is 37.4. The van der Waals surface area contributed by atoms with Crippen molar-refractivity contribution in [1.82, 2.24) is 0 Å². The van der Waals surface area contributed by atoms with Crippen LogP contribution >= 0.6 is 25.3 Å². The van der Waals surface area contributed by atoms with E-state index in [2.05, 4.69) is 53.7 Å². The number of nitrogens with zero attached hydrogens (tertiary/aromatic N) is 12. The van der Waals surface area contributed by atoms with E-state index in [1.165, 1.54) is 13.8 Å². The average molecular weight is 835 g/mol. The Balaban J connectivity index is -0.000000329. The second-order valence-electron chi connectivity index (χ2n) is 9.27. The summed E-state index contributed by atoms with van der Waals surface area (Å²) in [7, 11) is -6.65. The molecule has 0 aromatic carbocycles. The summed E-state index contributed by atoms with van der Waals surface area (Å²) in [6.07, 6.45) is -8.57. The van der Waals surface area contributed by atoms with Gasteiger partial charge in [0.1, 0.15) is 25.8 Å². The average Bonchev–Trinajstić information content (AvgIpc) is 3.01. The van der Waals surface area contributed by atoms with Gasteiger partial charge in [-0.05, 0) is 40.5 Å². The maximum Gasteiger partial charge on any atom is 2.00 e. The Morgan fingerprint density at radius 2 is 1.49 bits per heavy atom. The molecular formula is C19H31MgN12O18P3-2. The van der Waals surface area contributed by atoms with E-state index < -0.39 is 107 Å². The van der Waals surface area contributed by atoms with Gasteiger partial charge in [0, 0.05) is 34.4 Å². The number of phosphoric acid groups is 1. The number of ketones is 1. The van der Waals surface area contributed by atoms with Gasteiger partial charge >= 0.3 is 31.3 Å². The first-order valence-corrected chi connectivity index (χ1v) is 16.5. The number of hydrogen-bond acceptors (Lipinski definition) is 22. The van der Waals surface area contributed by atoms with Crippen LogP contribution in [0, 0.1) is 0 Å². The second-order valence-corrected chi connectivity index (χ2v) is 11.3. The molecule has 2 aliphatic heterocycles. The van der Waals surface area contributed by atoms with Gasteiger partial charge in [-0.2, -0.15) is 0 Å². The summed E-state index contributed by atoms with van der Waals surface area (Å²) >= 11 is 0. The first-order valence-electron chi connectivity index (χ1n) is 13.8. The Kier molecular flexibility index (Phi) is 29.1. The van der Waals surface area contributed by atoms with Crippen LogP contribution in [0.4, 0.5) is 0 Å². The number of rotatable bonds is 10. The van der Waals surface area contributed by atoms with Crippen LogP contribution in [-0.4, -0.2) is 140 Å². The van der Waals surface area contributed by atoms with Gasteiger partial charge in [0.25, 0.3) is 0 Å². The van der Waals surface area contributed by atoms with Crippen LogP contribution in [0.1, 0.15) is 28.6 Å². The van der Waals surface area contributed by atoms with Crippen molar-refractivity contribution in [2.45, 2.75) is 94.0 Å². The SMILES string of the molecule is CC(=O)C(=O)[O-].CC1OC(O)C(N=[N+]=[N-])[C@@H](O)[C@@H]1N=[N+]=[N-].C[C@@H](O)[C@@H](N=[N+]=[N-])C1OC(O)(C(=O)[O-])C[C@@H](O)[C@H]1N=[N+]=[N-].O=[P+]([O-])OP(=O)([O-])[O-].[3H]CP.[Mg+2]. The molecule has 34 heteroatoms. The number of ether oxygens (including phenoxy) is 2. The maximum atomic E-state index is 10.9. The maximum absolute atomic E-state index is 10.9. The number of carboxylic acids is 2.